The van der Waals surface area contributed by atoms with E-state index >= 15 is 0 Å². The van der Waals surface area contributed by atoms with Crippen molar-refractivity contribution in [3.63, 3.8) is 0 Å². The van der Waals surface area contributed by atoms with Crippen molar-refractivity contribution in [1.82, 2.24) is 10.2 Å². The van der Waals surface area contributed by atoms with Crippen LogP contribution in [0, 0.1) is 11.3 Å². The molecule has 1 aromatic carbocycles. The van der Waals surface area contributed by atoms with Crippen LogP contribution >= 0.6 is 23.1 Å². The summed E-state index contributed by atoms with van der Waals surface area (Å²) in [4.78, 5) is 28.0. The van der Waals surface area contributed by atoms with Crippen molar-refractivity contribution >= 4 is 34.0 Å². The topological polar surface area (TPSA) is 106 Å². The molecule has 3 aromatic rings. The van der Waals surface area contributed by atoms with E-state index in [0.29, 0.717) is 15.6 Å². The molecule has 0 bridgehead atoms. The molecular weight excluding hydrogens is 434 g/mol. The van der Waals surface area contributed by atoms with Gasteiger partial charge in [-0.3, -0.25) is 14.2 Å². The van der Waals surface area contributed by atoms with E-state index in [1.54, 1.807) is 14.0 Å². The number of nitriles is 1. The number of anilines is 1. The maximum atomic E-state index is 12.8. The van der Waals surface area contributed by atoms with E-state index in [1.807, 2.05) is 18.2 Å². The number of benzene rings is 1. The molecule has 160 valence electrons. The molecule has 1 amide bonds. The highest BCUT2D eigenvalue weighted by atomic mass is 32.2. The van der Waals surface area contributed by atoms with Gasteiger partial charge in [0.1, 0.15) is 11.1 Å². The third kappa shape index (κ3) is 4.58. The number of fused-ring (bicyclic) bond motifs is 1. The molecule has 1 atom stereocenters. The van der Waals surface area contributed by atoms with Gasteiger partial charge in [-0.2, -0.15) is 5.26 Å². The molecule has 10 heteroatoms. The van der Waals surface area contributed by atoms with Crippen LogP contribution < -0.4 is 15.6 Å². The van der Waals surface area contributed by atoms with E-state index < -0.39 is 10.9 Å². The summed E-state index contributed by atoms with van der Waals surface area (Å²) in [5, 5.41) is 15.4. The zero-order valence-electron chi connectivity index (χ0n) is 17.2. The number of hydrogen-bond donors (Lipinski definition) is 2. The number of aromatic amines is 1. The quantitative estimate of drug-likeness (QED) is 0.436. The Morgan fingerprint density at radius 2 is 2.23 bits per heavy atom. The summed E-state index contributed by atoms with van der Waals surface area (Å²) in [5.74, 6) is -0.262. The number of hydrogen-bond acceptors (Lipinski definition) is 7. The molecule has 1 aliphatic heterocycles. The van der Waals surface area contributed by atoms with E-state index in [9.17, 15) is 14.9 Å². The lowest BCUT2D eigenvalue weighted by molar-refractivity contribution is -0.772. The first-order valence-corrected chi connectivity index (χ1v) is 11.5. The van der Waals surface area contributed by atoms with Crippen LogP contribution in [0.3, 0.4) is 0 Å². The standard InChI is InChI=1S/C21H21N5O3S2/c1-13(30-20-21(28)29-24-25(20)2)18(27)23-19-16(10-22)15-8-9-26(12-17(15)31-19)11-14-6-4-3-5-7-14/h3-7,13H,8-9,11-12H2,1-2H3,(H-,23,24,27,28)/p+1. The molecule has 0 saturated heterocycles. The molecule has 2 N–H and O–H groups in total. The molecular formula is C21H22N5O3S2+. The zero-order chi connectivity index (χ0) is 22.0. The first-order valence-electron chi connectivity index (χ1n) is 9.82. The van der Waals surface area contributed by atoms with E-state index in [1.165, 1.54) is 21.6 Å². The lowest BCUT2D eigenvalue weighted by atomic mass is 10.0. The Morgan fingerprint density at radius 1 is 1.45 bits per heavy atom. The summed E-state index contributed by atoms with van der Waals surface area (Å²) >= 11 is 2.57. The van der Waals surface area contributed by atoms with Gasteiger partial charge < -0.3 is 5.32 Å². The second-order valence-electron chi connectivity index (χ2n) is 7.36. The highest BCUT2D eigenvalue weighted by Gasteiger charge is 2.29. The molecule has 1 aliphatic rings. The molecule has 0 fully saturated rings. The average molecular weight is 457 g/mol. The first kappa shape index (κ1) is 21.4. The normalized spacial score (nSPS) is 14.6. The highest BCUT2D eigenvalue weighted by molar-refractivity contribution is 8.00. The molecule has 0 aliphatic carbocycles. The molecule has 0 spiro atoms. The van der Waals surface area contributed by atoms with Gasteiger partial charge in [0.05, 0.1) is 10.8 Å². The Hall–Kier alpha value is -2.87. The van der Waals surface area contributed by atoms with Gasteiger partial charge in [0.15, 0.2) is 7.05 Å². The van der Waals surface area contributed by atoms with Crippen LogP contribution in [0.1, 0.15) is 28.5 Å². The van der Waals surface area contributed by atoms with Crippen LogP contribution in [-0.2, 0) is 31.4 Å². The third-order valence-electron chi connectivity index (χ3n) is 5.15. The SMILES string of the molecule is CC(Sc1c(=O)o[nH][n+]1C)C(=O)Nc1sc2c(c1C#N)CCN(Cc1ccccc1)C2. The molecule has 3 heterocycles. The van der Waals surface area contributed by atoms with Crippen molar-refractivity contribution in [2.75, 3.05) is 11.9 Å². The van der Waals surface area contributed by atoms with Gasteiger partial charge in [0, 0.05) is 24.5 Å². The number of amides is 1. The number of nitrogens with zero attached hydrogens (tertiary/aromatic N) is 3. The Labute approximate surface area is 187 Å². The van der Waals surface area contributed by atoms with Gasteiger partial charge >= 0.3 is 10.7 Å². The minimum Gasteiger partial charge on any atom is -0.316 e. The predicted octanol–water partition coefficient (Wildman–Crippen LogP) is 2.40. The molecule has 31 heavy (non-hydrogen) atoms. The summed E-state index contributed by atoms with van der Waals surface area (Å²) in [6, 6.07) is 12.6. The minimum absolute atomic E-state index is 0.262. The summed E-state index contributed by atoms with van der Waals surface area (Å²) in [6.07, 6.45) is 0.780. The molecule has 1 unspecified atom stereocenters. The molecule has 8 nitrogen and oxygen atoms in total. The fourth-order valence-corrected chi connectivity index (χ4v) is 5.61. The smallest absolute Gasteiger partial charge is 0.316 e. The lowest BCUT2D eigenvalue weighted by Crippen LogP contribution is -2.35. The molecule has 0 saturated carbocycles. The van der Waals surface area contributed by atoms with Crippen molar-refractivity contribution < 1.29 is 14.0 Å². The first-order chi connectivity index (χ1) is 15.0. The fraction of sp³-hybridized carbons (Fsp3) is 0.333. The van der Waals surface area contributed by atoms with Gasteiger partial charge in [-0.25, -0.2) is 4.79 Å². The maximum absolute atomic E-state index is 12.8. The Balaban J connectivity index is 1.47. The van der Waals surface area contributed by atoms with Crippen LogP contribution in [0.5, 0.6) is 0 Å². The van der Waals surface area contributed by atoms with Crippen LogP contribution in [0.4, 0.5) is 5.00 Å². The van der Waals surface area contributed by atoms with Gasteiger partial charge in [-0.15, -0.1) is 11.3 Å². The Kier molecular flexibility index (Phi) is 6.27. The highest BCUT2D eigenvalue weighted by Crippen LogP contribution is 2.37. The maximum Gasteiger partial charge on any atom is 0.441 e. The van der Waals surface area contributed by atoms with Gasteiger partial charge in [-0.05, 0) is 41.5 Å². The van der Waals surface area contributed by atoms with Crippen molar-refractivity contribution in [1.29, 1.82) is 5.26 Å². The van der Waals surface area contributed by atoms with Crippen LogP contribution in [0.2, 0.25) is 0 Å². The van der Waals surface area contributed by atoms with Crippen molar-refractivity contribution in [2.24, 2.45) is 7.05 Å². The zero-order valence-corrected chi connectivity index (χ0v) is 18.8. The number of aryl methyl sites for hydroxylation is 1. The molecule has 2 aromatic heterocycles. The van der Waals surface area contributed by atoms with Gasteiger partial charge in [0.25, 0.3) is 0 Å². The minimum atomic E-state index is -0.537. The largest absolute Gasteiger partial charge is 0.441 e. The summed E-state index contributed by atoms with van der Waals surface area (Å²) < 4.78 is 6.16. The summed E-state index contributed by atoms with van der Waals surface area (Å²) in [5.41, 5.74) is 2.32. The molecule has 4 rings (SSSR count). The average Bonchev–Trinajstić information content (AvgIpc) is 3.27. The van der Waals surface area contributed by atoms with E-state index in [4.69, 9.17) is 4.52 Å². The van der Waals surface area contributed by atoms with E-state index in [-0.39, 0.29) is 5.91 Å². The number of nitrogens with one attached hydrogen (secondary N) is 2. The number of carbonyl (C=O) groups excluding carboxylic acids is 1. The molecule has 0 radical (unpaired) electrons. The number of thiophene rings is 1. The summed E-state index contributed by atoms with van der Waals surface area (Å²) in [7, 11) is 1.64. The lowest BCUT2D eigenvalue weighted by Gasteiger charge is -2.26. The number of rotatable bonds is 6. The Morgan fingerprint density at radius 3 is 2.90 bits per heavy atom. The predicted molar refractivity (Wildman–Crippen MR) is 118 cm³/mol. The number of carbonyl (C=O) groups is 1. The number of aromatic nitrogens is 2. The summed E-state index contributed by atoms with van der Waals surface area (Å²) in [6.45, 7) is 4.19. The van der Waals surface area contributed by atoms with Crippen LogP contribution in [0.15, 0.2) is 44.7 Å². The fourth-order valence-electron chi connectivity index (χ4n) is 3.53. The monoisotopic (exact) mass is 456 g/mol. The van der Waals surface area contributed by atoms with Gasteiger partial charge in [0.2, 0.25) is 5.91 Å². The number of H-pyrrole nitrogens is 1. The van der Waals surface area contributed by atoms with Crippen LogP contribution in [0.25, 0.3) is 0 Å². The van der Waals surface area contributed by atoms with Crippen molar-refractivity contribution in [2.45, 2.75) is 36.7 Å². The number of thioether (sulfide) groups is 1. The van der Waals surface area contributed by atoms with E-state index in [0.717, 1.165) is 48.3 Å². The van der Waals surface area contributed by atoms with Crippen LogP contribution in [-0.4, -0.2) is 27.9 Å². The van der Waals surface area contributed by atoms with Crippen molar-refractivity contribution in [3.8, 4) is 6.07 Å². The van der Waals surface area contributed by atoms with Gasteiger partial charge in [-0.1, -0.05) is 35.0 Å². The second kappa shape index (κ2) is 9.09. The van der Waals surface area contributed by atoms with E-state index in [2.05, 4.69) is 33.7 Å². The van der Waals surface area contributed by atoms with Crippen molar-refractivity contribution in [3.05, 3.63) is 62.3 Å². The third-order valence-corrected chi connectivity index (χ3v) is 7.51. The second-order valence-corrected chi connectivity index (χ2v) is 9.79. The Bertz CT molecular complexity index is 1190.